The summed E-state index contributed by atoms with van der Waals surface area (Å²) in [5, 5.41) is 0. The molecule has 14 heavy (non-hydrogen) atoms. The lowest BCUT2D eigenvalue weighted by molar-refractivity contribution is 0.271. The van der Waals surface area contributed by atoms with Gasteiger partial charge < -0.3 is 0 Å². The summed E-state index contributed by atoms with van der Waals surface area (Å²) in [4.78, 5) is 0. The van der Waals surface area contributed by atoms with Crippen molar-refractivity contribution in [2.45, 2.75) is 79.6 Å². The van der Waals surface area contributed by atoms with Crippen molar-refractivity contribution in [1.82, 2.24) is 0 Å². The smallest absolute Gasteiger partial charge is 0.0380 e. The van der Waals surface area contributed by atoms with Gasteiger partial charge in [0, 0.05) is 0 Å². The molecule has 1 unspecified atom stereocenters. The molecule has 0 amide bonds. The van der Waals surface area contributed by atoms with E-state index in [9.17, 15) is 0 Å². The van der Waals surface area contributed by atoms with Crippen LogP contribution in [0.4, 0.5) is 0 Å². The average molecular weight is 198 g/mol. The van der Waals surface area contributed by atoms with E-state index in [1.807, 2.05) is 0 Å². The van der Waals surface area contributed by atoms with Gasteiger partial charge in [-0.25, -0.2) is 0 Å². The van der Waals surface area contributed by atoms with Crippen molar-refractivity contribution in [2.24, 2.45) is 11.3 Å². The highest BCUT2D eigenvalue weighted by Crippen LogP contribution is 2.29. The molecule has 0 aromatic heterocycles. The van der Waals surface area contributed by atoms with E-state index < -0.39 is 0 Å². The van der Waals surface area contributed by atoms with Crippen LogP contribution in [0.25, 0.3) is 0 Å². The molecular weight excluding hydrogens is 168 g/mol. The van der Waals surface area contributed by atoms with Crippen LogP contribution >= 0.6 is 0 Å². The van der Waals surface area contributed by atoms with Crippen LogP contribution in [0.2, 0.25) is 0 Å². The zero-order valence-electron chi connectivity index (χ0n) is 11.0. The SMILES string of the molecule is CCCCCCC(CC)CC(C)(C)C. The second-order valence-corrected chi connectivity index (χ2v) is 5.89. The highest BCUT2D eigenvalue weighted by Gasteiger charge is 2.16. The molecule has 1 atom stereocenters. The van der Waals surface area contributed by atoms with Crippen LogP contribution < -0.4 is 0 Å². The van der Waals surface area contributed by atoms with E-state index >= 15 is 0 Å². The van der Waals surface area contributed by atoms with Gasteiger partial charge >= 0.3 is 0 Å². The molecule has 0 aliphatic rings. The highest BCUT2D eigenvalue weighted by molar-refractivity contribution is 4.68. The maximum Gasteiger partial charge on any atom is -0.0380 e. The molecule has 0 aromatic rings. The van der Waals surface area contributed by atoms with Gasteiger partial charge in [-0.3, -0.25) is 0 Å². The Morgan fingerprint density at radius 2 is 1.57 bits per heavy atom. The minimum Gasteiger partial charge on any atom is -0.0654 e. The molecule has 86 valence electrons. The van der Waals surface area contributed by atoms with Crippen molar-refractivity contribution in [1.29, 1.82) is 0 Å². The Balaban J connectivity index is 3.58. The normalized spacial score (nSPS) is 14.4. The number of unbranched alkanes of at least 4 members (excludes halogenated alkanes) is 3. The van der Waals surface area contributed by atoms with Crippen LogP contribution in [0.1, 0.15) is 79.6 Å². The number of hydrogen-bond acceptors (Lipinski definition) is 0. The largest absolute Gasteiger partial charge is 0.0654 e. The third-order valence-electron chi connectivity index (χ3n) is 2.94. The molecular formula is C14H30. The second kappa shape index (κ2) is 7.31. The molecule has 0 rings (SSSR count). The van der Waals surface area contributed by atoms with Gasteiger partial charge in [0.1, 0.15) is 0 Å². The van der Waals surface area contributed by atoms with E-state index in [2.05, 4.69) is 34.6 Å². The lowest BCUT2D eigenvalue weighted by atomic mass is 9.81. The minimum absolute atomic E-state index is 0.519. The van der Waals surface area contributed by atoms with E-state index in [1.54, 1.807) is 0 Å². The Hall–Kier alpha value is 0. The third kappa shape index (κ3) is 8.59. The molecule has 0 aliphatic carbocycles. The highest BCUT2D eigenvalue weighted by atomic mass is 14.2. The van der Waals surface area contributed by atoms with Gasteiger partial charge in [-0.2, -0.15) is 0 Å². The summed E-state index contributed by atoms with van der Waals surface area (Å²) < 4.78 is 0. The van der Waals surface area contributed by atoms with Crippen LogP contribution in [0.15, 0.2) is 0 Å². The van der Waals surface area contributed by atoms with E-state index in [1.165, 1.54) is 44.9 Å². The molecule has 0 saturated heterocycles. The molecule has 0 radical (unpaired) electrons. The molecule has 0 N–H and O–H groups in total. The van der Waals surface area contributed by atoms with Gasteiger partial charge in [-0.05, 0) is 17.8 Å². The quantitative estimate of drug-likeness (QED) is 0.479. The van der Waals surface area contributed by atoms with Crippen molar-refractivity contribution >= 4 is 0 Å². The van der Waals surface area contributed by atoms with Crippen molar-refractivity contribution in [3.05, 3.63) is 0 Å². The molecule has 0 nitrogen and oxygen atoms in total. The first-order valence-electron chi connectivity index (χ1n) is 6.49. The van der Waals surface area contributed by atoms with Gasteiger partial charge in [-0.1, -0.05) is 73.1 Å². The summed E-state index contributed by atoms with van der Waals surface area (Å²) in [5.74, 6) is 0.965. The summed E-state index contributed by atoms with van der Waals surface area (Å²) in [7, 11) is 0. The van der Waals surface area contributed by atoms with Crippen molar-refractivity contribution in [3.63, 3.8) is 0 Å². The van der Waals surface area contributed by atoms with Gasteiger partial charge in [0.15, 0.2) is 0 Å². The Kier molecular flexibility index (Phi) is 7.31. The summed E-state index contributed by atoms with van der Waals surface area (Å²) in [6.07, 6.45) is 9.88. The predicted molar refractivity (Wildman–Crippen MR) is 66.6 cm³/mol. The molecule has 0 fully saturated rings. The van der Waals surface area contributed by atoms with Crippen LogP contribution in [0, 0.1) is 11.3 Å². The predicted octanol–water partition coefficient (Wildman–Crippen LogP) is 5.42. The van der Waals surface area contributed by atoms with E-state index in [-0.39, 0.29) is 0 Å². The van der Waals surface area contributed by atoms with Gasteiger partial charge in [-0.15, -0.1) is 0 Å². The summed E-state index contributed by atoms with van der Waals surface area (Å²) in [6, 6.07) is 0. The summed E-state index contributed by atoms with van der Waals surface area (Å²) in [5.41, 5.74) is 0.519. The summed E-state index contributed by atoms with van der Waals surface area (Å²) >= 11 is 0. The first kappa shape index (κ1) is 14.0. The first-order valence-corrected chi connectivity index (χ1v) is 6.49. The van der Waals surface area contributed by atoms with Gasteiger partial charge in [0.05, 0.1) is 0 Å². The van der Waals surface area contributed by atoms with Crippen LogP contribution in [0.5, 0.6) is 0 Å². The van der Waals surface area contributed by atoms with Gasteiger partial charge in [0.25, 0.3) is 0 Å². The minimum atomic E-state index is 0.519. The van der Waals surface area contributed by atoms with E-state index in [0.717, 1.165) is 5.92 Å². The van der Waals surface area contributed by atoms with E-state index in [0.29, 0.717) is 5.41 Å². The lowest BCUT2D eigenvalue weighted by Gasteiger charge is -2.25. The molecule has 0 aromatic carbocycles. The second-order valence-electron chi connectivity index (χ2n) is 5.89. The third-order valence-corrected chi connectivity index (χ3v) is 2.94. The Morgan fingerprint density at radius 1 is 0.929 bits per heavy atom. The molecule has 0 heteroatoms. The zero-order chi connectivity index (χ0) is 11.0. The molecule has 0 heterocycles. The standard InChI is InChI=1S/C14H30/c1-6-8-9-10-11-13(7-2)12-14(3,4)5/h13H,6-12H2,1-5H3. The molecule has 0 saturated carbocycles. The Morgan fingerprint density at radius 3 is 2.00 bits per heavy atom. The summed E-state index contributed by atoms with van der Waals surface area (Å²) in [6.45, 7) is 11.7. The zero-order valence-corrected chi connectivity index (χ0v) is 11.0. The van der Waals surface area contributed by atoms with Crippen LogP contribution in [0.3, 0.4) is 0 Å². The monoisotopic (exact) mass is 198 g/mol. The fourth-order valence-electron chi connectivity index (χ4n) is 2.18. The van der Waals surface area contributed by atoms with Crippen molar-refractivity contribution in [3.8, 4) is 0 Å². The molecule has 0 spiro atoms. The van der Waals surface area contributed by atoms with Gasteiger partial charge in [0.2, 0.25) is 0 Å². The Bertz CT molecular complexity index is 118. The molecule has 0 bridgehead atoms. The lowest BCUT2D eigenvalue weighted by Crippen LogP contribution is -2.12. The fraction of sp³-hybridized carbons (Fsp3) is 1.00. The number of hydrogen-bond donors (Lipinski definition) is 0. The fourth-order valence-corrected chi connectivity index (χ4v) is 2.18. The van der Waals surface area contributed by atoms with Crippen LogP contribution in [-0.4, -0.2) is 0 Å². The maximum atomic E-state index is 2.36. The first-order chi connectivity index (χ1) is 6.49. The van der Waals surface area contributed by atoms with Crippen molar-refractivity contribution in [2.75, 3.05) is 0 Å². The topological polar surface area (TPSA) is 0 Å². The maximum absolute atomic E-state index is 2.36. The average Bonchev–Trinajstić information content (AvgIpc) is 2.08. The molecule has 0 aliphatic heterocycles. The van der Waals surface area contributed by atoms with Crippen LogP contribution in [-0.2, 0) is 0 Å². The Labute approximate surface area is 91.5 Å². The van der Waals surface area contributed by atoms with E-state index in [4.69, 9.17) is 0 Å². The number of rotatable bonds is 7. The van der Waals surface area contributed by atoms with Crippen molar-refractivity contribution < 1.29 is 0 Å².